The van der Waals surface area contributed by atoms with E-state index in [9.17, 15) is 13.2 Å². The normalized spacial score (nSPS) is 11.9. The van der Waals surface area contributed by atoms with Crippen molar-refractivity contribution in [2.45, 2.75) is 26.6 Å². The van der Waals surface area contributed by atoms with Crippen LogP contribution >= 0.6 is 0 Å². The quantitative estimate of drug-likeness (QED) is 0.689. The molecule has 0 bridgehead atoms. The van der Waals surface area contributed by atoms with Crippen LogP contribution in [0.1, 0.15) is 22.5 Å². The second kappa shape index (κ2) is 5.85. The van der Waals surface area contributed by atoms with Gasteiger partial charge in [-0.05, 0) is 43.7 Å². The Morgan fingerprint density at radius 3 is 2.50 bits per heavy atom. The van der Waals surface area contributed by atoms with Crippen molar-refractivity contribution in [3.63, 3.8) is 0 Å². The predicted octanol–water partition coefficient (Wildman–Crippen LogP) is 4.79. The molecule has 24 heavy (non-hydrogen) atoms. The Kier molecular flexibility index (Phi) is 3.99. The summed E-state index contributed by atoms with van der Waals surface area (Å²) in [7, 11) is 1.77. The van der Waals surface area contributed by atoms with Crippen molar-refractivity contribution >= 4 is 11.0 Å². The van der Waals surface area contributed by atoms with Crippen molar-refractivity contribution in [1.82, 2.24) is 9.55 Å². The number of benzene rings is 2. The molecule has 0 saturated carbocycles. The predicted molar refractivity (Wildman–Crippen MR) is 86.0 cm³/mol. The molecule has 0 aliphatic carbocycles. The molecule has 3 nitrogen and oxygen atoms in total. The number of ether oxygens (including phenoxy) is 1. The number of halogens is 3. The van der Waals surface area contributed by atoms with E-state index in [0.717, 1.165) is 29.0 Å². The molecule has 0 atom stereocenters. The molecule has 3 aromatic rings. The van der Waals surface area contributed by atoms with Crippen LogP contribution in [0.5, 0.6) is 5.75 Å². The summed E-state index contributed by atoms with van der Waals surface area (Å²) in [5.41, 5.74) is 2.40. The van der Waals surface area contributed by atoms with Crippen molar-refractivity contribution in [2.75, 3.05) is 0 Å². The van der Waals surface area contributed by atoms with Gasteiger partial charge in [0, 0.05) is 7.05 Å². The lowest BCUT2D eigenvalue weighted by molar-refractivity contribution is -0.137. The molecule has 3 rings (SSSR count). The van der Waals surface area contributed by atoms with Gasteiger partial charge in [-0.1, -0.05) is 17.7 Å². The zero-order valence-corrected chi connectivity index (χ0v) is 13.6. The Hall–Kier alpha value is -2.50. The Bertz CT molecular complexity index is 897. The highest BCUT2D eigenvalue weighted by atomic mass is 19.4. The number of rotatable bonds is 3. The van der Waals surface area contributed by atoms with E-state index in [-0.39, 0.29) is 6.61 Å². The fourth-order valence-electron chi connectivity index (χ4n) is 2.66. The van der Waals surface area contributed by atoms with Crippen LogP contribution in [-0.2, 0) is 19.8 Å². The maximum absolute atomic E-state index is 12.8. The molecule has 0 unspecified atom stereocenters. The van der Waals surface area contributed by atoms with Crippen LogP contribution in [0.25, 0.3) is 11.0 Å². The van der Waals surface area contributed by atoms with Crippen LogP contribution in [0.2, 0.25) is 0 Å². The van der Waals surface area contributed by atoms with Crippen molar-refractivity contribution in [3.8, 4) is 5.75 Å². The lowest BCUT2D eigenvalue weighted by Gasteiger charge is -2.09. The molecule has 0 fully saturated rings. The zero-order valence-electron chi connectivity index (χ0n) is 13.6. The van der Waals surface area contributed by atoms with Gasteiger partial charge in [-0.25, -0.2) is 4.98 Å². The first-order valence-electron chi connectivity index (χ1n) is 7.48. The third kappa shape index (κ3) is 3.09. The van der Waals surface area contributed by atoms with Crippen molar-refractivity contribution in [2.24, 2.45) is 7.05 Å². The third-order valence-corrected chi connectivity index (χ3v) is 3.99. The zero-order chi connectivity index (χ0) is 17.5. The van der Waals surface area contributed by atoms with E-state index in [1.54, 1.807) is 11.6 Å². The van der Waals surface area contributed by atoms with Gasteiger partial charge >= 0.3 is 6.18 Å². The van der Waals surface area contributed by atoms with Gasteiger partial charge in [0.05, 0.1) is 16.6 Å². The number of aryl methyl sites for hydroxylation is 3. The van der Waals surface area contributed by atoms with Gasteiger partial charge in [-0.15, -0.1) is 0 Å². The number of hydrogen-bond donors (Lipinski definition) is 0. The molecular weight excluding hydrogens is 317 g/mol. The molecule has 0 saturated heterocycles. The van der Waals surface area contributed by atoms with Crippen molar-refractivity contribution in [3.05, 3.63) is 58.9 Å². The van der Waals surface area contributed by atoms with E-state index in [1.807, 2.05) is 32.0 Å². The van der Waals surface area contributed by atoms with E-state index in [1.165, 1.54) is 6.07 Å². The topological polar surface area (TPSA) is 27.1 Å². The molecule has 6 heteroatoms. The molecule has 1 heterocycles. The number of imidazole rings is 1. The van der Waals surface area contributed by atoms with E-state index in [2.05, 4.69) is 4.98 Å². The van der Waals surface area contributed by atoms with Crippen molar-refractivity contribution in [1.29, 1.82) is 0 Å². The van der Waals surface area contributed by atoms with Crippen LogP contribution < -0.4 is 4.74 Å². The highest BCUT2D eigenvalue weighted by Gasteiger charge is 2.31. The fourth-order valence-corrected chi connectivity index (χ4v) is 2.66. The number of hydrogen-bond acceptors (Lipinski definition) is 2. The van der Waals surface area contributed by atoms with Crippen LogP contribution in [-0.4, -0.2) is 9.55 Å². The molecule has 0 radical (unpaired) electrons. The fraction of sp³-hybridized carbons (Fsp3) is 0.278. The van der Waals surface area contributed by atoms with Crippen LogP contribution in [0.3, 0.4) is 0 Å². The van der Waals surface area contributed by atoms with Gasteiger partial charge in [-0.3, -0.25) is 0 Å². The van der Waals surface area contributed by atoms with Gasteiger partial charge in [0.2, 0.25) is 0 Å². The lowest BCUT2D eigenvalue weighted by Crippen LogP contribution is -2.04. The number of nitrogens with zero attached hydrogens (tertiary/aromatic N) is 2. The Balaban J connectivity index is 1.88. The van der Waals surface area contributed by atoms with Crippen LogP contribution in [0.15, 0.2) is 36.4 Å². The van der Waals surface area contributed by atoms with Gasteiger partial charge in [0.15, 0.2) is 0 Å². The van der Waals surface area contributed by atoms with Gasteiger partial charge in [0.25, 0.3) is 0 Å². The van der Waals surface area contributed by atoms with Crippen LogP contribution in [0.4, 0.5) is 13.2 Å². The molecule has 0 N–H and O–H groups in total. The van der Waals surface area contributed by atoms with E-state index in [0.29, 0.717) is 16.9 Å². The Morgan fingerprint density at radius 1 is 1.08 bits per heavy atom. The van der Waals surface area contributed by atoms with Gasteiger partial charge < -0.3 is 9.30 Å². The highest BCUT2D eigenvalue weighted by Crippen LogP contribution is 2.31. The minimum absolute atomic E-state index is 0.191. The molecular formula is C18H17F3N2O. The number of alkyl halides is 3. The monoisotopic (exact) mass is 334 g/mol. The molecule has 2 aromatic carbocycles. The minimum atomic E-state index is -4.37. The summed E-state index contributed by atoms with van der Waals surface area (Å²) >= 11 is 0. The third-order valence-electron chi connectivity index (χ3n) is 3.99. The summed E-state index contributed by atoms with van der Waals surface area (Å²) in [5.74, 6) is 1.31. The molecule has 0 spiro atoms. The maximum atomic E-state index is 12.8. The van der Waals surface area contributed by atoms with E-state index in [4.69, 9.17) is 4.74 Å². The standard InChI is InChI=1S/C18H17F3N2O/c1-11-4-7-16(12(2)8-11)24-10-17-22-14-9-13(18(19,20)21)5-6-15(14)23(17)3/h4-9H,10H2,1-3H3. The lowest BCUT2D eigenvalue weighted by atomic mass is 10.1. The molecule has 0 amide bonds. The molecule has 0 aliphatic rings. The van der Waals surface area contributed by atoms with E-state index >= 15 is 0 Å². The molecule has 0 aliphatic heterocycles. The van der Waals surface area contributed by atoms with Gasteiger partial charge in [0.1, 0.15) is 18.2 Å². The summed E-state index contributed by atoms with van der Waals surface area (Å²) < 4.78 is 46.0. The van der Waals surface area contributed by atoms with Gasteiger partial charge in [-0.2, -0.15) is 13.2 Å². The summed E-state index contributed by atoms with van der Waals surface area (Å²) in [6.45, 7) is 4.14. The summed E-state index contributed by atoms with van der Waals surface area (Å²) in [5, 5.41) is 0. The first kappa shape index (κ1) is 16.4. The second-order valence-electron chi connectivity index (χ2n) is 5.85. The number of fused-ring (bicyclic) bond motifs is 1. The average Bonchev–Trinajstić information content (AvgIpc) is 2.81. The smallest absolute Gasteiger partial charge is 0.416 e. The Morgan fingerprint density at radius 2 is 1.83 bits per heavy atom. The SMILES string of the molecule is Cc1ccc(OCc2nc3cc(C(F)(F)F)ccc3n2C)c(C)c1. The first-order valence-corrected chi connectivity index (χ1v) is 7.48. The molecule has 126 valence electrons. The minimum Gasteiger partial charge on any atom is -0.485 e. The maximum Gasteiger partial charge on any atom is 0.416 e. The second-order valence-corrected chi connectivity index (χ2v) is 5.85. The molecule has 1 aromatic heterocycles. The summed E-state index contributed by atoms with van der Waals surface area (Å²) in [6.07, 6.45) is -4.37. The summed E-state index contributed by atoms with van der Waals surface area (Å²) in [4.78, 5) is 4.29. The first-order chi connectivity index (χ1) is 11.3. The van der Waals surface area contributed by atoms with Crippen molar-refractivity contribution < 1.29 is 17.9 Å². The Labute approximate surface area is 137 Å². The highest BCUT2D eigenvalue weighted by molar-refractivity contribution is 5.77. The number of aromatic nitrogens is 2. The summed E-state index contributed by atoms with van der Waals surface area (Å²) in [6, 6.07) is 9.42. The largest absolute Gasteiger partial charge is 0.485 e. The van der Waals surface area contributed by atoms with E-state index < -0.39 is 11.7 Å². The average molecular weight is 334 g/mol. The van der Waals surface area contributed by atoms with Crippen LogP contribution in [0, 0.1) is 13.8 Å².